The van der Waals surface area contributed by atoms with Crippen molar-refractivity contribution < 1.29 is 30.8 Å². The Morgan fingerprint density at radius 1 is 1.00 bits per heavy atom. The van der Waals surface area contributed by atoms with Gasteiger partial charge in [0.15, 0.2) is 11.6 Å². The van der Waals surface area contributed by atoms with Gasteiger partial charge in [0.25, 0.3) is 0 Å². The molecule has 0 aliphatic heterocycles. The van der Waals surface area contributed by atoms with Crippen LogP contribution in [0.1, 0.15) is 6.92 Å². The molecule has 0 fully saturated rings. The maximum atomic E-state index is 13.7. The average Bonchev–Trinajstić information content (AvgIpc) is 2.52. The molecule has 1 unspecified atom stereocenters. The quantitative estimate of drug-likeness (QED) is 0.798. The molecule has 0 spiro atoms. The fraction of sp³-hybridized carbons (Fsp3) is 0.188. The van der Waals surface area contributed by atoms with E-state index in [1.165, 1.54) is 6.92 Å². The molecule has 0 aliphatic carbocycles. The van der Waals surface area contributed by atoms with Gasteiger partial charge in [-0.2, -0.15) is 0 Å². The Morgan fingerprint density at radius 3 is 2.19 bits per heavy atom. The van der Waals surface area contributed by atoms with Crippen LogP contribution in [0.2, 0.25) is 0 Å². The second-order valence-electron chi connectivity index (χ2n) is 5.45. The Bertz CT molecular complexity index is 951. The predicted molar refractivity (Wildman–Crippen MR) is 88.1 cm³/mol. The van der Waals surface area contributed by atoms with Gasteiger partial charge >= 0.3 is 0 Å². The van der Waals surface area contributed by atoms with E-state index in [0.29, 0.717) is 22.5 Å². The van der Waals surface area contributed by atoms with E-state index in [9.17, 15) is 30.8 Å². The summed E-state index contributed by atoms with van der Waals surface area (Å²) in [6.07, 6.45) is 0.774. The molecule has 1 N–H and O–H groups in total. The minimum atomic E-state index is -4.07. The van der Waals surface area contributed by atoms with E-state index in [2.05, 4.69) is 5.32 Å². The van der Waals surface area contributed by atoms with Gasteiger partial charge in [-0.1, -0.05) is 0 Å². The molecule has 0 heterocycles. The van der Waals surface area contributed by atoms with Crippen molar-refractivity contribution >= 4 is 27.3 Å². The molecule has 10 heteroatoms. The molecule has 0 aliphatic rings. The van der Waals surface area contributed by atoms with Gasteiger partial charge in [-0.25, -0.2) is 26.0 Å². The lowest BCUT2D eigenvalue weighted by atomic mass is 10.2. The third-order valence-corrected chi connectivity index (χ3v) is 4.68. The van der Waals surface area contributed by atoms with Crippen molar-refractivity contribution in [3.05, 3.63) is 59.7 Å². The van der Waals surface area contributed by atoms with Crippen LogP contribution in [0.25, 0.3) is 0 Å². The monoisotopic (exact) mass is 390 g/mol. The maximum absolute atomic E-state index is 13.7. The molecule has 0 radical (unpaired) electrons. The van der Waals surface area contributed by atoms with Crippen LogP contribution in [0.3, 0.4) is 0 Å². The van der Waals surface area contributed by atoms with Crippen LogP contribution in [-0.2, 0) is 14.8 Å². The lowest BCUT2D eigenvalue weighted by molar-refractivity contribution is -0.116. The maximum Gasteiger partial charge on any atom is 0.248 e. The van der Waals surface area contributed by atoms with Crippen LogP contribution < -0.4 is 9.62 Å². The van der Waals surface area contributed by atoms with Crippen molar-refractivity contribution in [3.63, 3.8) is 0 Å². The fourth-order valence-electron chi connectivity index (χ4n) is 2.26. The Kier molecular flexibility index (Phi) is 5.55. The second-order valence-corrected chi connectivity index (χ2v) is 7.31. The zero-order valence-corrected chi connectivity index (χ0v) is 14.5. The number of halogens is 4. The highest BCUT2D eigenvalue weighted by Crippen LogP contribution is 2.24. The normalized spacial score (nSPS) is 12.5. The summed E-state index contributed by atoms with van der Waals surface area (Å²) in [5.74, 6) is -5.34. The lowest BCUT2D eigenvalue weighted by Crippen LogP contribution is -2.45. The molecule has 0 saturated carbocycles. The number of carbonyl (C=O) groups is 1. The Hall–Kier alpha value is -2.62. The van der Waals surface area contributed by atoms with Gasteiger partial charge in [0.05, 0.1) is 17.6 Å². The summed E-state index contributed by atoms with van der Waals surface area (Å²) in [5.41, 5.74) is -0.643. The first kappa shape index (κ1) is 19.7. The number of sulfonamides is 1. The van der Waals surface area contributed by atoms with E-state index in [-0.39, 0.29) is 11.4 Å². The molecule has 0 bridgehead atoms. The zero-order valence-electron chi connectivity index (χ0n) is 13.6. The van der Waals surface area contributed by atoms with Crippen molar-refractivity contribution in [1.82, 2.24) is 0 Å². The van der Waals surface area contributed by atoms with E-state index in [1.54, 1.807) is 0 Å². The highest BCUT2D eigenvalue weighted by atomic mass is 32.2. The zero-order chi connectivity index (χ0) is 19.6. The van der Waals surface area contributed by atoms with E-state index in [0.717, 1.165) is 24.5 Å². The molecular formula is C16H14F4N2O3S. The van der Waals surface area contributed by atoms with Crippen LogP contribution in [-0.4, -0.2) is 26.6 Å². The molecule has 1 amide bonds. The van der Waals surface area contributed by atoms with Crippen LogP contribution in [0.4, 0.5) is 28.9 Å². The highest BCUT2D eigenvalue weighted by Gasteiger charge is 2.30. The Balaban J connectivity index is 2.35. The first-order chi connectivity index (χ1) is 12.0. The predicted octanol–water partition coefficient (Wildman–Crippen LogP) is 3.04. The summed E-state index contributed by atoms with van der Waals surface area (Å²) in [7, 11) is -4.07. The molecule has 1 atom stereocenters. The van der Waals surface area contributed by atoms with Crippen molar-refractivity contribution in [1.29, 1.82) is 0 Å². The van der Waals surface area contributed by atoms with Crippen molar-refractivity contribution in [2.24, 2.45) is 0 Å². The van der Waals surface area contributed by atoms with Crippen LogP contribution in [0, 0.1) is 23.3 Å². The number of benzene rings is 2. The molecule has 5 nitrogen and oxygen atoms in total. The third-order valence-electron chi connectivity index (χ3n) is 3.44. The average molecular weight is 390 g/mol. The molecule has 0 aromatic heterocycles. The molecular weight excluding hydrogens is 376 g/mol. The summed E-state index contributed by atoms with van der Waals surface area (Å²) < 4.78 is 77.8. The van der Waals surface area contributed by atoms with Gasteiger partial charge in [-0.3, -0.25) is 9.10 Å². The fourth-order valence-corrected chi connectivity index (χ4v) is 3.43. The highest BCUT2D eigenvalue weighted by molar-refractivity contribution is 7.92. The summed E-state index contributed by atoms with van der Waals surface area (Å²) in [6.45, 7) is 1.18. The van der Waals surface area contributed by atoms with Gasteiger partial charge in [0.2, 0.25) is 15.9 Å². The van der Waals surface area contributed by atoms with Gasteiger partial charge in [-0.05, 0) is 31.2 Å². The number of carbonyl (C=O) groups excluding carboxylic acids is 1. The number of amides is 1. The minimum absolute atomic E-state index is 0.284. The topological polar surface area (TPSA) is 66.5 Å². The second kappa shape index (κ2) is 7.32. The summed E-state index contributed by atoms with van der Waals surface area (Å²) >= 11 is 0. The number of hydrogen-bond donors (Lipinski definition) is 1. The van der Waals surface area contributed by atoms with Crippen LogP contribution in [0.15, 0.2) is 36.4 Å². The van der Waals surface area contributed by atoms with Crippen molar-refractivity contribution in [2.75, 3.05) is 15.9 Å². The first-order valence-electron chi connectivity index (χ1n) is 7.21. The third kappa shape index (κ3) is 4.31. The molecule has 2 aromatic carbocycles. The van der Waals surface area contributed by atoms with Crippen LogP contribution in [0.5, 0.6) is 0 Å². The van der Waals surface area contributed by atoms with E-state index >= 15 is 0 Å². The molecule has 2 aromatic rings. The summed E-state index contributed by atoms with van der Waals surface area (Å²) in [5, 5.41) is 2.13. The van der Waals surface area contributed by atoms with E-state index in [1.807, 2.05) is 0 Å². The number of hydrogen-bond acceptors (Lipinski definition) is 3. The lowest BCUT2D eigenvalue weighted by Gasteiger charge is -2.28. The van der Waals surface area contributed by atoms with Crippen molar-refractivity contribution in [2.45, 2.75) is 13.0 Å². The SMILES string of the molecule is CC(C(=O)Nc1ccc(F)cc1F)N(c1ccc(F)c(F)c1)S(C)(=O)=O. The first-order valence-corrected chi connectivity index (χ1v) is 9.06. The van der Waals surface area contributed by atoms with E-state index in [4.69, 9.17) is 0 Å². The number of anilines is 2. The smallest absolute Gasteiger partial charge is 0.248 e. The standard InChI is InChI=1S/C16H14F4N2O3S/c1-9(16(23)21-15-6-3-10(17)7-14(15)20)22(26(2,24)25)11-4-5-12(18)13(19)8-11/h3-9H,1-2H3,(H,21,23). The molecule has 0 saturated heterocycles. The van der Waals surface area contributed by atoms with Crippen LogP contribution >= 0.6 is 0 Å². The Labute approximate surface area is 147 Å². The van der Waals surface area contributed by atoms with Gasteiger partial charge < -0.3 is 5.32 Å². The van der Waals surface area contributed by atoms with Gasteiger partial charge in [0.1, 0.15) is 17.7 Å². The number of nitrogens with one attached hydrogen (secondary N) is 1. The molecule has 26 heavy (non-hydrogen) atoms. The molecule has 2 rings (SSSR count). The number of rotatable bonds is 5. The summed E-state index contributed by atoms with van der Waals surface area (Å²) in [6, 6.07) is 3.32. The van der Waals surface area contributed by atoms with Crippen molar-refractivity contribution in [3.8, 4) is 0 Å². The Morgan fingerprint density at radius 2 is 1.65 bits per heavy atom. The minimum Gasteiger partial charge on any atom is -0.322 e. The number of nitrogens with zero attached hydrogens (tertiary/aromatic N) is 1. The summed E-state index contributed by atoms with van der Waals surface area (Å²) in [4.78, 5) is 12.3. The van der Waals surface area contributed by atoms with Gasteiger partial charge in [-0.15, -0.1) is 0 Å². The van der Waals surface area contributed by atoms with E-state index < -0.39 is 45.2 Å². The molecule has 140 valence electrons. The largest absolute Gasteiger partial charge is 0.322 e. The van der Waals surface area contributed by atoms with Gasteiger partial charge in [0, 0.05) is 12.1 Å².